The Morgan fingerprint density at radius 3 is 2.65 bits per heavy atom. The summed E-state index contributed by atoms with van der Waals surface area (Å²) in [6.07, 6.45) is 2.23. The fourth-order valence-electron chi connectivity index (χ4n) is 2.88. The minimum absolute atomic E-state index is 0.0984. The summed E-state index contributed by atoms with van der Waals surface area (Å²) in [5, 5.41) is 20.7. The Kier molecular flexibility index (Phi) is 4.11. The Hall–Kier alpha value is -1.85. The number of nitrogens with two attached hydrogens (primary N) is 1. The Morgan fingerprint density at radius 1 is 1.35 bits per heavy atom. The van der Waals surface area contributed by atoms with Crippen LogP contribution in [0.5, 0.6) is 0 Å². The zero-order chi connectivity index (χ0) is 14.9. The highest BCUT2D eigenvalue weighted by molar-refractivity contribution is 6.02. The SMILES string of the molecule is Cc1nnc(N2CCC(C)CC2C)c(C(N)=NO)c1C. The fourth-order valence-corrected chi connectivity index (χ4v) is 2.88. The molecular formula is C14H23N5O. The Labute approximate surface area is 119 Å². The molecule has 6 heteroatoms. The number of anilines is 1. The van der Waals surface area contributed by atoms with Crippen molar-refractivity contribution in [2.24, 2.45) is 16.8 Å². The summed E-state index contributed by atoms with van der Waals surface area (Å²) in [5.74, 6) is 1.54. The van der Waals surface area contributed by atoms with Gasteiger partial charge in [-0.25, -0.2) is 0 Å². The molecule has 2 rings (SSSR count). The van der Waals surface area contributed by atoms with Gasteiger partial charge in [0.2, 0.25) is 0 Å². The van der Waals surface area contributed by atoms with Gasteiger partial charge in [-0.15, -0.1) is 5.10 Å². The van der Waals surface area contributed by atoms with Gasteiger partial charge in [0.15, 0.2) is 11.7 Å². The van der Waals surface area contributed by atoms with Crippen molar-refractivity contribution in [1.29, 1.82) is 0 Å². The topological polar surface area (TPSA) is 87.6 Å². The van der Waals surface area contributed by atoms with Crippen LogP contribution in [0.4, 0.5) is 5.82 Å². The number of aryl methyl sites for hydroxylation is 1. The van der Waals surface area contributed by atoms with Crippen molar-refractivity contribution in [2.45, 2.75) is 46.6 Å². The zero-order valence-electron chi connectivity index (χ0n) is 12.6. The maximum Gasteiger partial charge on any atom is 0.174 e. The summed E-state index contributed by atoms with van der Waals surface area (Å²) in [4.78, 5) is 2.22. The van der Waals surface area contributed by atoms with Crippen LogP contribution < -0.4 is 10.6 Å². The van der Waals surface area contributed by atoms with E-state index in [0.29, 0.717) is 17.5 Å². The first-order valence-electron chi connectivity index (χ1n) is 7.04. The van der Waals surface area contributed by atoms with Gasteiger partial charge >= 0.3 is 0 Å². The van der Waals surface area contributed by atoms with Gasteiger partial charge < -0.3 is 15.8 Å². The lowest BCUT2D eigenvalue weighted by atomic mass is 9.93. The minimum atomic E-state index is 0.0984. The summed E-state index contributed by atoms with van der Waals surface area (Å²) in [5.41, 5.74) is 8.26. The van der Waals surface area contributed by atoms with Crippen LogP contribution in [0.1, 0.15) is 43.5 Å². The largest absolute Gasteiger partial charge is 0.409 e. The first-order chi connectivity index (χ1) is 9.45. The maximum atomic E-state index is 9.03. The van der Waals surface area contributed by atoms with Gasteiger partial charge in [-0.1, -0.05) is 12.1 Å². The standard InChI is InChI=1S/C14H23N5O/c1-8-5-6-19(9(2)7-8)14-12(13(15)18-20)10(3)11(4)16-17-14/h8-9,20H,5-7H2,1-4H3,(H2,15,18). The summed E-state index contributed by atoms with van der Waals surface area (Å²) in [6, 6.07) is 0.375. The number of oxime groups is 1. The van der Waals surface area contributed by atoms with E-state index in [4.69, 9.17) is 10.9 Å². The summed E-state index contributed by atoms with van der Waals surface area (Å²) >= 11 is 0. The summed E-state index contributed by atoms with van der Waals surface area (Å²) < 4.78 is 0. The van der Waals surface area contributed by atoms with Gasteiger partial charge in [0.05, 0.1) is 11.3 Å². The van der Waals surface area contributed by atoms with Gasteiger partial charge in [0.1, 0.15) is 0 Å². The number of hydrogen-bond donors (Lipinski definition) is 2. The number of hydrogen-bond acceptors (Lipinski definition) is 5. The zero-order valence-corrected chi connectivity index (χ0v) is 12.6. The third kappa shape index (κ3) is 2.55. The van der Waals surface area contributed by atoms with Crippen molar-refractivity contribution in [3.05, 3.63) is 16.8 Å². The second-order valence-electron chi connectivity index (χ2n) is 5.77. The Bertz CT molecular complexity index is 529. The smallest absolute Gasteiger partial charge is 0.174 e. The predicted octanol–water partition coefficient (Wildman–Crippen LogP) is 1.81. The summed E-state index contributed by atoms with van der Waals surface area (Å²) in [7, 11) is 0. The highest BCUT2D eigenvalue weighted by atomic mass is 16.4. The molecule has 1 aliphatic heterocycles. The van der Waals surface area contributed by atoms with E-state index in [1.807, 2.05) is 13.8 Å². The molecule has 2 unspecified atom stereocenters. The van der Waals surface area contributed by atoms with E-state index in [1.54, 1.807) is 0 Å². The molecule has 2 heterocycles. The average Bonchev–Trinajstić information content (AvgIpc) is 2.41. The van der Waals surface area contributed by atoms with Crippen LogP contribution in [0.2, 0.25) is 0 Å². The monoisotopic (exact) mass is 277 g/mol. The Morgan fingerprint density at radius 2 is 2.05 bits per heavy atom. The lowest BCUT2D eigenvalue weighted by Crippen LogP contribution is -2.42. The van der Waals surface area contributed by atoms with E-state index in [0.717, 1.165) is 36.5 Å². The van der Waals surface area contributed by atoms with Crippen LogP contribution in [0, 0.1) is 19.8 Å². The molecule has 3 N–H and O–H groups in total. The highest BCUT2D eigenvalue weighted by Crippen LogP contribution is 2.30. The van der Waals surface area contributed by atoms with E-state index >= 15 is 0 Å². The van der Waals surface area contributed by atoms with Crippen molar-refractivity contribution in [3.63, 3.8) is 0 Å². The van der Waals surface area contributed by atoms with Crippen molar-refractivity contribution < 1.29 is 5.21 Å². The van der Waals surface area contributed by atoms with Gasteiger partial charge in [-0.2, -0.15) is 5.10 Å². The molecule has 20 heavy (non-hydrogen) atoms. The molecule has 1 saturated heterocycles. The molecule has 0 bridgehead atoms. The van der Waals surface area contributed by atoms with Gasteiger partial charge in [0, 0.05) is 12.6 Å². The van der Waals surface area contributed by atoms with Crippen LogP contribution in [0.25, 0.3) is 0 Å². The number of piperidine rings is 1. The molecule has 2 atom stereocenters. The maximum absolute atomic E-state index is 9.03. The van der Waals surface area contributed by atoms with Gasteiger partial charge in [-0.3, -0.25) is 0 Å². The second kappa shape index (κ2) is 5.64. The van der Waals surface area contributed by atoms with Crippen LogP contribution >= 0.6 is 0 Å². The van der Waals surface area contributed by atoms with E-state index in [1.165, 1.54) is 0 Å². The second-order valence-corrected chi connectivity index (χ2v) is 5.77. The number of aromatic nitrogens is 2. The minimum Gasteiger partial charge on any atom is -0.409 e. The molecule has 0 amide bonds. The number of rotatable bonds is 2. The molecule has 110 valence electrons. The van der Waals surface area contributed by atoms with Gasteiger partial charge in [0.25, 0.3) is 0 Å². The van der Waals surface area contributed by atoms with Crippen molar-refractivity contribution >= 4 is 11.7 Å². The highest BCUT2D eigenvalue weighted by Gasteiger charge is 2.28. The molecule has 0 aromatic carbocycles. The number of amidine groups is 1. The van der Waals surface area contributed by atoms with Crippen LogP contribution in [0.3, 0.4) is 0 Å². The molecule has 1 fully saturated rings. The molecule has 0 radical (unpaired) electrons. The quantitative estimate of drug-likeness (QED) is 0.372. The Balaban J connectivity index is 2.49. The molecule has 1 aliphatic rings. The lowest BCUT2D eigenvalue weighted by Gasteiger charge is -2.38. The van der Waals surface area contributed by atoms with E-state index in [9.17, 15) is 0 Å². The normalized spacial score (nSPS) is 24.0. The molecular weight excluding hydrogens is 254 g/mol. The van der Waals surface area contributed by atoms with E-state index < -0.39 is 0 Å². The summed E-state index contributed by atoms with van der Waals surface area (Å²) in [6.45, 7) is 9.18. The molecule has 0 aliphatic carbocycles. The van der Waals surface area contributed by atoms with Crippen LogP contribution in [-0.4, -0.2) is 33.8 Å². The first-order valence-corrected chi connectivity index (χ1v) is 7.04. The van der Waals surface area contributed by atoms with E-state index in [2.05, 4.69) is 34.1 Å². The number of nitrogens with zero attached hydrogens (tertiary/aromatic N) is 4. The third-order valence-corrected chi connectivity index (χ3v) is 4.21. The molecule has 0 spiro atoms. The van der Waals surface area contributed by atoms with Crippen LogP contribution in [-0.2, 0) is 0 Å². The molecule has 0 saturated carbocycles. The average molecular weight is 277 g/mol. The molecule has 6 nitrogen and oxygen atoms in total. The van der Waals surface area contributed by atoms with Crippen molar-refractivity contribution in [3.8, 4) is 0 Å². The van der Waals surface area contributed by atoms with Crippen LogP contribution in [0.15, 0.2) is 5.16 Å². The van der Waals surface area contributed by atoms with Gasteiger partial charge in [-0.05, 0) is 45.1 Å². The van der Waals surface area contributed by atoms with Crippen molar-refractivity contribution in [1.82, 2.24) is 10.2 Å². The first kappa shape index (κ1) is 14.6. The van der Waals surface area contributed by atoms with Crippen molar-refractivity contribution in [2.75, 3.05) is 11.4 Å². The lowest BCUT2D eigenvalue weighted by molar-refractivity contribution is 0.318. The fraction of sp³-hybridized carbons (Fsp3) is 0.643. The van der Waals surface area contributed by atoms with E-state index in [-0.39, 0.29) is 5.84 Å². The molecule has 1 aromatic heterocycles. The predicted molar refractivity (Wildman–Crippen MR) is 79.2 cm³/mol. The molecule has 1 aromatic rings. The third-order valence-electron chi connectivity index (χ3n) is 4.21.